The van der Waals surface area contributed by atoms with Gasteiger partial charge in [-0.05, 0) is 37.3 Å². The van der Waals surface area contributed by atoms with E-state index in [0.29, 0.717) is 18.0 Å². The van der Waals surface area contributed by atoms with Crippen LogP contribution in [0.2, 0.25) is 0 Å². The molecule has 2 saturated heterocycles. The number of nitrogens with zero attached hydrogens (tertiary/aromatic N) is 2. The summed E-state index contributed by atoms with van der Waals surface area (Å²) in [5, 5.41) is 0. The monoisotopic (exact) mass is 276 g/mol. The Hall–Kier alpha value is -0.670. The molecule has 0 aromatic rings. The second-order valence-electron chi connectivity index (χ2n) is 7.09. The largest absolute Gasteiger partial charge is 0.302 e. The third-order valence-electron chi connectivity index (χ3n) is 5.95. The predicted octanol–water partition coefficient (Wildman–Crippen LogP) is 2.63. The summed E-state index contributed by atoms with van der Waals surface area (Å²) in [6, 6.07) is 0.441. The van der Waals surface area contributed by atoms with Gasteiger partial charge < -0.3 is 4.90 Å². The molecular weight excluding hydrogens is 251 g/mol. The maximum atomic E-state index is 13.3. The molecule has 0 aromatic carbocycles. The topological polar surface area (TPSA) is 6.48 Å². The minimum atomic E-state index is -0.604. The summed E-state index contributed by atoms with van der Waals surface area (Å²) in [5.41, 5.74) is 2.07. The first-order valence-corrected chi connectivity index (χ1v) is 8.20. The fourth-order valence-electron chi connectivity index (χ4n) is 4.57. The molecule has 2 unspecified atom stereocenters. The van der Waals surface area contributed by atoms with Gasteiger partial charge in [0.1, 0.15) is 6.17 Å². The quantitative estimate of drug-likeness (QED) is 0.782. The van der Waals surface area contributed by atoms with E-state index in [4.69, 9.17) is 0 Å². The van der Waals surface area contributed by atoms with E-state index < -0.39 is 6.17 Å². The van der Waals surface area contributed by atoms with Gasteiger partial charge in [-0.1, -0.05) is 25.2 Å². The van der Waals surface area contributed by atoms with Gasteiger partial charge in [0.2, 0.25) is 0 Å². The summed E-state index contributed by atoms with van der Waals surface area (Å²) in [7, 11) is 0. The number of piperidine rings is 1. The molecule has 20 heavy (non-hydrogen) atoms. The van der Waals surface area contributed by atoms with E-state index in [1.54, 1.807) is 5.57 Å². The Balaban J connectivity index is 1.41. The highest BCUT2D eigenvalue weighted by Gasteiger charge is 2.60. The van der Waals surface area contributed by atoms with Crippen LogP contribution in [0.5, 0.6) is 0 Å². The van der Waals surface area contributed by atoms with Crippen LogP contribution in [0.1, 0.15) is 26.2 Å². The first-order chi connectivity index (χ1) is 9.71. The maximum Gasteiger partial charge on any atom is 0.114 e. The molecule has 2 nitrogen and oxygen atoms in total. The molecule has 3 fully saturated rings. The van der Waals surface area contributed by atoms with Crippen LogP contribution in [0.4, 0.5) is 4.39 Å². The molecule has 0 amide bonds. The number of fused-ring (bicyclic) bond motifs is 1. The predicted molar refractivity (Wildman–Crippen MR) is 79.4 cm³/mol. The molecule has 4 atom stereocenters. The van der Waals surface area contributed by atoms with E-state index >= 15 is 0 Å². The van der Waals surface area contributed by atoms with E-state index in [1.807, 2.05) is 0 Å². The second kappa shape index (κ2) is 4.67. The molecular formula is C17H25FN2. The molecule has 110 valence electrons. The van der Waals surface area contributed by atoms with Crippen molar-refractivity contribution >= 4 is 0 Å². The molecule has 4 rings (SSSR count). The van der Waals surface area contributed by atoms with Crippen molar-refractivity contribution in [1.29, 1.82) is 0 Å². The Kier molecular flexibility index (Phi) is 3.04. The van der Waals surface area contributed by atoms with Crippen LogP contribution in [0.3, 0.4) is 0 Å². The highest BCUT2D eigenvalue weighted by atomic mass is 19.1. The van der Waals surface area contributed by atoms with Gasteiger partial charge in [-0.25, -0.2) is 4.39 Å². The molecule has 2 aliphatic carbocycles. The van der Waals surface area contributed by atoms with E-state index in [0.717, 1.165) is 25.3 Å². The Morgan fingerprint density at radius 2 is 2.30 bits per heavy atom. The molecule has 0 bridgehead atoms. The van der Waals surface area contributed by atoms with E-state index in [9.17, 15) is 4.39 Å². The van der Waals surface area contributed by atoms with Crippen molar-refractivity contribution in [2.24, 2.45) is 11.3 Å². The lowest BCUT2D eigenvalue weighted by Gasteiger charge is -2.28. The zero-order valence-corrected chi connectivity index (χ0v) is 12.4. The summed E-state index contributed by atoms with van der Waals surface area (Å²) < 4.78 is 13.3. The molecule has 0 radical (unpaired) electrons. The number of likely N-dealkylation sites (tertiary alicyclic amines) is 2. The van der Waals surface area contributed by atoms with Gasteiger partial charge in [0.25, 0.3) is 0 Å². The number of hydrogen-bond donors (Lipinski definition) is 0. The summed E-state index contributed by atoms with van der Waals surface area (Å²) in [4.78, 5) is 4.90. The van der Waals surface area contributed by atoms with Gasteiger partial charge in [0.15, 0.2) is 0 Å². The number of allylic oxidation sites excluding steroid dienone is 1. The second-order valence-corrected chi connectivity index (χ2v) is 7.09. The van der Waals surface area contributed by atoms with Crippen LogP contribution in [0, 0.1) is 11.3 Å². The van der Waals surface area contributed by atoms with Gasteiger partial charge >= 0.3 is 0 Å². The van der Waals surface area contributed by atoms with E-state index in [1.165, 1.54) is 26.1 Å². The highest BCUT2D eigenvalue weighted by molar-refractivity contribution is 5.40. The average molecular weight is 276 g/mol. The van der Waals surface area contributed by atoms with Gasteiger partial charge in [-0.2, -0.15) is 0 Å². The smallest absolute Gasteiger partial charge is 0.114 e. The number of alkyl halides is 1. The number of halogens is 1. The zero-order valence-electron chi connectivity index (χ0n) is 12.4. The number of rotatable bonds is 3. The molecule has 0 aromatic heterocycles. The summed E-state index contributed by atoms with van der Waals surface area (Å²) in [6.45, 7) is 7.56. The van der Waals surface area contributed by atoms with Crippen molar-refractivity contribution in [1.82, 2.24) is 9.80 Å². The Labute approximate surface area is 121 Å². The van der Waals surface area contributed by atoms with E-state index in [2.05, 4.69) is 35.0 Å². The fraction of sp³-hybridized carbons (Fsp3) is 0.765. The first kappa shape index (κ1) is 13.0. The molecule has 2 heterocycles. The Morgan fingerprint density at radius 1 is 1.40 bits per heavy atom. The van der Waals surface area contributed by atoms with Crippen molar-refractivity contribution in [3.63, 3.8) is 0 Å². The van der Waals surface area contributed by atoms with Crippen molar-refractivity contribution in [2.75, 3.05) is 32.7 Å². The third-order valence-corrected chi connectivity index (χ3v) is 5.95. The SMILES string of the molecule is CCN1C[C@H]2C[C@@]2(C2=CCC(N3CCC(F)C3)C=C2)C1. The minimum absolute atomic E-state index is 0.441. The Bertz CT molecular complexity index is 458. The summed E-state index contributed by atoms with van der Waals surface area (Å²) >= 11 is 0. The van der Waals surface area contributed by atoms with Crippen LogP contribution in [-0.4, -0.2) is 54.7 Å². The van der Waals surface area contributed by atoms with Crippen LogP contribution < -0.4 is 0 Å². The van der Waals surface area contributed by atoms with Gasteiger partial charge in [-0.15, -0.1) is 0 Å². The van der Waals surface area contributed by atoms with Crippen molar-refractivity contribution < 1.29 is 4.39 Å². The fourth-order valence-corrected chi connectivity index (χ4v) is 4.57. The lowest BCUT2D eigenvalue weighted by Crippen LogP contribution is -2.33. The molecule has 4 aliphatic rings. The van der Waals surface area contributed by atoms with Gasteiger partial charge in [0, 0.05) is 37.6 Å². The molecule has 3 heteroatoms. The van der Waals surface area contributed by atoms with Crippen LogP contribution in [-0.2, 0) is 0 Å². The third kappa shape index (κ3) is 1.98. The van der Waals surface area contributed by atoms with Crippen molar-refractivity contribution in [2.45, 2.75) is 38.4 Å². The lowest BCUT2D eigenvalue weighted by molar-refractivity contribution is 0.250. The summed E-state index contributed by atoms with van der Waals surface area (Å²) in [6.07, 6.45) is 9.74. The van der Waals surface area contributed by atoms with Crippen molar-refractivity contribution in [3.05, 3.63) is 23.8 Å². The van der Waals surface area contributed by atoms with Gasteiger partial charge in [0.05, 0.1) is 0 Å². The minimum Gasteiger partial charge on any atom is -0.302 e. The molecule has 0 spiro atoms. The van der Waals surface area contributed by atoms with Crippen molar-refractivity contribution in [3.8, 4) is 0 Å². The molecule has 2 aliphatic heterocycles. The Morgan fingerprint density at radius 3 is 2.90 bits per heavy atom. The van der Waals surface area contributed by atoms with Gasteiger partial charge in [-0.3, -0.25) is 4.90 Å². The van der Waals surface area contributed by atoms with Crippen LogP contribution in [0.15, 0.2) is 23.8 Å². The van der Waals surface area contributed by atoms with Crippen LogP contribution >= 0.6 is 0 Å². The first-order valence-electron chi connectivity index (χ1n) is 8.20. The lowest BCUT2D eigenvalue weighted by atomic mass is 9.88. The average Bonchev–Trinajstić information content (AvgIpc) is 2.85. The normalized spacial score (nSPS) is 44.7. The molecule has 1 saturated carbocycles. The maximum absolute atomic E-state index is 13.3. The van der Waals surface area contributed by atoms with E-state index in [-0.39, 0.29) is 0 Å². The summed E-state index contributed by atoms with van der Waals surface area (Å²) in [5.74, 6) is 0.900. The number of hydrogen-bond acceptors (Lipinski definition) is 2. The van der Waals surface area contributed by atoms with Crippen LogP contribution in [0.25, 0.3) is 0 Å². The molecule has 0 N–H and O–H groups in total. The zero-order chi connectivity index (χ0) is 13.7. The standard InChI is InChI=1S/C17H25FN2/c1-2-19-10-14-9-17(14,12-19)13-3-5-16(6-4-13)20-8-7-15(18)11-20/h3-5,14-16H,2,6-12H2,1H3/t14-,15?,16?,17+/m1/s1. The highest BCUT2D eigenvalue weighted by Crippen LogP contribution is 2.62.